The van der Waals surface area contributed by atoms with Crippen molar-refractivity contribution in [2.24, 2.45) is 0 Å². The van der Waals surface area contributed by atoms with Crippen LogP contribution >= 0.6 is 0 Å². The molecule has 2 aromatic rings. The number of hydrogen-bond donors (Lipinski definition) is 0. The fourth-order valence-corrected chi connectivity index (χ4v) is 3.37. The zero-order valence-electron chi connectivity index (χ0n) is 14.1. The number of ether oxygens (including phenoxy) is 1. The number of carbonyl (C=O) groups is 2. The van der Waals surface area contributed by atoms with Crippen LogP contribution < -0.4 is 9.80 Å². The Bertz CT molecular complexity index is 886. The van der Waals surface area contributed by atoms with Gasteiger partial charge in [-0.3, -0.25) is 9.59 Å². The van der Waals surface area contributed by atoms with E-state index in [9.17, 15) is 22.8 Å². The molecule has 0 unspecified atom stereocenters. The lowest BCUT2D eigenvalue weighted by Crippen LogP contribution is -2.36. The van der Waals surface area contributed by atoms with Gasteiger partial charge in [0, 0.05) is 18.8 Å². The summed E-state index contributed by atoms with van der Waals surface area (Å²) in [5.41, 5.74) is -0.876. The number of alkyl halides is 3. The predicted octanol–water partition coefficient (Wildman–Crippen LogP) is 3.34. The molecule has 1 saturated heterocycles. The second-order valence-electron chi connectivity index (χ2n) is 6.29. The molecule has 0 atom stereocenters. The number of nitrogens with zero attached hydrogens (tertiary/aromatic N) is 2. The Morgan fingerprint density at radius 3 is 2.04 bits per heavy atom. The van der Waals surface area contributed by atoms with Crippen molar-refractivity contribution in [3.63, 3.8) is 0 Å². The van der Waals surface area contributed by atoms with Gasteiger partial charge in [-0.1, -0.05) is 12.1 Å². The summed E-state index contributed by atoms with van der Waals surface area (Å²) in [6.45, 7) is 1.82. The van der Waals surface area contributed by atoms with Gasteiger partial charge in [0.15, 0.2) is 0 Å². The number of morpholine rings is 1. The molecule has 2 heterocycles. The van der Waals surface area contributed by atoms with Gasteiger partial charge in [0.1, 0.15) is 0 Å². The average molecular weight is 376 g/mol. The first kappa shape index (κ1) is 17.5. The highest BCUT2D eigenvalue weighted by molar-refractivity contribution is 6.34. The lowest BCUT2D eigenvalue weighted by molar-refractivity contribution is -0.137. The fraction of sp³-hybridized carbons (Fsp3) is 0.263. The highest BCUT2D eigenvalue weighted by Crippen LogP contribution is 2.41. The van der Waals surface area contributed by atoms with Gasteiger partial charge in [0.05, 0.1) is 35.6 Å². The van der Waals surface area contributed by atoms with Crippen molar-refractivity contribution in [2.75, 3.05) is 36.1 Å². The maximum absolute atomic E-state index is 13.7. The molecule has 0 spiro atoms. The number of rotatable bonds is 2. The third-order valence-corrected chi connectivity index (χ3v) is 4.70. The average Bonchev–Trinajstić information content (AvgIpc) is 2.92. The van der Waals surface area contributed by atoms with E-state index < -0.39 is 29.2 Å². The summed E-state index contributed by atoms with van der Waals surface area (Å²) in [5.74, 6) is -1.50. The van der Waals surface area contributed by atoms with Gasteiger partial charge in [-0.25, -0.2) is 4.90 Å². The van der Waals surface area contributed by atoms with Gasteiger partial charge in [0.2, 0.25) is 0 Å². The molecule has 0 bridgehead atoms. The molecule has 0 saturated carbocycles. The van der Waals surface area contributed by atoms with Crippen molar-refractivity contribution in [1.82, 2.24) is 0 Å². The van der Waals surface area contributed by atoms with E-state index >= 15 is 0 Å². The second kappa shape index (κ2) is 6.38. The van der Waals surface area contributed by atoms with Crippen molar-refractivity contribution in [2.45, 2.75) is 6.18 Å². The van der Waals surface area contributed by atoms with Crippen LogP contribution in [0.2, 0.25) is 0 Å². The van der Waals surface area contributed by atoms with E-state index in [0.717, 1.165) is 6.07 Å². The highest BCUT2D eigenvalue weighted by atomic mass is 19.4. The number of halogens is 3. The lowest BCUT2D eigenvalue weighted by atomic mass is 10.1. The minimum Gasteiger partial charge on any atom is -0.378 e. The zero-order chi connectivity index (χ0) is 19.2. The van der Waals surface area contributed by atoms with Crippen LogP contribution in [0.25, 0.3) is 0 Å². The van der Waals surface area contributed by atoms with Crippen molar-refractivity contribution in [3.05, 3.63) is 59.2 Å². The molecule has 1 fully saturated rings. The molecular formula is C19H15F3N2O3. The van der Waals surface area contributed by atoms with E-state index in [4.69, 9.17) is 4.74 Å². The highest BCUT2D eigenvalue weighted by Gasteiger charge is 2.42. The van der Waals surface area contributed by atoms with Crippen molar-refractivity contribution in [1.29, 1.82) is 0 Å². The van der Waals surface area contributed by atoms with E-state index in [-0.39, 0.29) is 11.1 Å². The normalized spacial score (nSPS) is 17.4. The number of carbonyl (C=O) groups excluding carboxylic acids is 2. The number of benzene rings is 2. The molecule has 8 heteroatoms. The molecule has 0 N–H and O–H groups in total. The molecule has 0 radical (unpaired) electrons. The van der Waals surface area contributed by atoms with Gasteiger partial charge in [0.25, 0.3) is 11.8 Å². The summed E-state index contributed by atoms with van der Waals surface area (Å²) < 4.78 is 46.4. The molecule has 0 aliphatic carbocycles. The van der Waals surface area contributed by atoms with Crippen LogP contribution in [0.5, 0.6) is 0 Å². The van der Waals surface area contributed by atoms with E-state index in [1.165, 1.54) is 24.3 Å². The first-order valence-corrected chi connectivity index (χ1v) is 8.39. The Morgan fingerprint density at radius 1 is 0.889 bits per heavy atom. The van der Waals surface area contributed by atoms with Crippen molar-refractivity contribution in [3.8, 4) is 0 Å². The third kappa shape index (κ3) is 2.95. The van der Waals surface area contributed by atoms with Crippen molar-refractivity contribution >= 4 is 23.2 Å². The van der Waals surface area contributed by atoms with Crippen LogP contribution in [0.3, 0.4) is 0 Å². The number of amides is 2. The van der Waals surface area contributed by atoms with E-state index in [2.05, 4.69) is 0 Å². The Labute approximate surface area is 152 Å². The first-order chi connectivity index (χ1) is 12.9. The quantitative estimate of drug-likeness (QED) is 0.755. The summed E-state index contributed by atoms with van der Waals surface area (Å²) in [4.78, 5) is 27.6. The van der Waals surface area contributed by atoms with Gasteiger partial charge in [-0.15, -0.1) is 0 Å². The summed E-state index contributed by atoms with van der Waals surface area (Å²) in [6.07, 6.45) is -4.72. The SMILES string of the molecule is O=C1c2ccccc2C(=O)N1c1ccc(N2CCOCC2)cc1C(F)(F)F. The molecule has 4 rings (SSSR count). The Morgan fingerprint density at radius 2 is 1.48 bits per heavy atom. The zero-order valence-corrected chi connectivity index (χ0v) is 14.1. The van der Waals surface area contributed by atoms with Gasteiger partial charge in [-0.2, -0.15) is 13.2 Å². The maximum atomic E-state index is 13.7. The maximum Gasteiger partial charge on any atom is 0.418 e. The van der Waals surface area contributed by atoms with E-state index in [0.29, 0.717) is 36.9 Å². The fourth-order valence-electron chi connectivity index (χ4n) is 3.37. The van der Waals surface area contributed by atoms with Crippen LogP contribution in [0.1, 0.15) is 26.3 Å². The Hall–Kier alpha value is -2.87. The lowest BCUT2D eigenvalue weighted by Gasteiger charge is -2.30. The minimum atomic E-state index is -4.72. The Balaban J connectivity index is 1.79. The third-order valence-electron chi connectivity index (χ3n) is 4.70. The number of anilines is 2. The monoisotopic (exact) mass is 376 g/mol. The van der Waals surface area contributed by atoms with Crippen LogP contribution in [0.4, 0.5) is 24.5 Å². The molecule has 2 amide bonds. The number of imide groups is 1. The molecule has 27 heavy (non-hydrogen) atoms. The van der Waals surface area contributed by atoms with Gasteiger partial charge >= 0.3 is 6.18 Å². The largest absolute Gasteiger partial charge is 0.418 e. The van der Waals surface area contributed by atoms with Gasteiger partial charge in [-0.05, 0) is 30.3 Å². The standard InChI is InChI=1S/C19H15F3N2O3/c20-19(21,22)15-11-12(23-7-9-27-10-8-23)5-6-16(15)24-17(25)13-3-1-2-4-14(13)18(24)26/h1-6,11H,7-10H2. The smallest absolute Gasteiger partial charge is 0.378 e. The molecule has 5 nitrogen and oxygen atoms in total. The second-order valence-corrected chi connectivity index (χ2v) is 6.29. The molecule has 2 aromatic carbocycles. The summed E-state index contributed by atoms with van der Waals surface area (Å²) >= 11 is 0. The summed E-state index contributed by atoms with van der Waals surface area (Å²) in [7, 11) is 0. The number of fused-ring (bicyclic) bond motifs is 1. The van der Waals surface area contributed by atoms with E-state index in [1.807, 2.05) is 0 Å². The minimum absolute atomic E-state index is 0.105. The predicted molar refractivity (Wildman–Crippen MR) is 92.1 cm³/mol. The first-order valence-electron chi connectivity index (χ1n) is 8.39. The van der Waals surface area contributed by atoms with E-state index in [1.54, 1.807) is 17.0 Å². The molecular weight excluding hydrogens is 361 g/mol. The van der Waals surface area contributed by atoms with Gasteiger partial charge < -0.3 is 9.64 Å². The molecule has 0 aromatic heterocycles. The van der Waals surface area contributed by atoms with Crippen LogP contribution in [0.15, 0.2) is 42.5 Å². The molecule has 2 aliphatic rings. The Kier molecular flexibility index (Phi) is 4.15. The summed E-state index contributed by atoms with van der Waals surface area (Å²) in [6, 6.07) is 9.69. The van der Waals surface area contributed by atoms with Crippen LogP contribution in [0, 0.1) is 0 Å². The van der Waals surface area contributed by atoms with Crippen LogP contribution in [-0.4, -0.2) is 38.1 Å². The van der Waals surface area contributed by atoms with Crippen LogP contribution in [-0.2, 0) is 10.9 Å². The molecule has 2 aliphatic heterocycles. The summed E-state index contributed by atoms with van der Waals surface area (Å²) in [5, 5.41) is 0. The molecule has 140 valence electrons. The number of hydrogen-bond acceptors (Lipinski definition) is 4. The van der Waals surface area contributed by atoms with Crippen molar-refractivity contribution < 1.29 is 27.5 Å². The topological polar surface area (TPSA) is 49.9 Å².